The Balaban J connectivity index is 2.84. The van der Waals surface area contributed by atoms with Gasteiger partial charge in [-0.1, -0.05) is 17.2 Å². The summed E-state index contributed by atoms with van der Waals surface area (Å²) in [5.41, 5.74) is 2.13. The van der Waals surface area contributed by atoms with E-state index in [1.807, 2.05) is 25.2 Å². The number of carbonyl (C=O) groups excluding carboxylic acids is 1. The smallest absolute Gasteiger partial charge is 0.353 e. The molecule has 0 aromatic heterocycles. The monoisotopic (exact) mass is 223 g/mol. The summed E-state index contributed by atoms with van der Waals surface area (Å²) < 4.78 is 0. The first-order valence-corrected chi connectivity index (χ1v) is 4.70. The number of amides is 1. The van der Waals surface area contributed by atoms with Crippen LogP contribution in [0.15, 0.2) is 18.2 Å². The van der Waals surface area contributed by atoms with Crippen LogP contribution in [0.2, 0.25) is 0 Å². The maximum absolute atomic E-state index is 11.5. The van der Waals surface area contributed by atoms with Crippen molar-refractivity contribution >= 4 is 11.9 Å². The van der Waals surface area contributed by atoms with Crippen LogP contribution >= 0.6 is 0 Å². The van der Waals surface area contributed by atoms with Crippen LogP contribution in [0.4, 0.5) is 0 Å². The van der Waals surface area contributed by atoms with Gasteiger partial charge in [-0.3, -0.25) is 4.79 Å². The molecule has 0 saturated heterocycles. The molecule has 0 aliphatic rings. The van der Waals surface area contributed by atoms with Gasteiger partial charge in [-0.25, -0.2) is 4.79 Å². The lowest BCUT2D eigenvalue weighted by Crippen LogP contribution is -2.40. The van der Waals surface area contributed by atoms with E-state index in [0.29, 0.717) is 5.56 Å². The first kappa shape index (κ1) is 12.2. The van der Waals surface area contributed by atoms with E-state index in [1.165, 1.54) is 0 Å². The summed E-state index contributed by atoms with van der Waals surface area (Å²) >= 11 is 0. The number of carboxylic acids is 1. The molecule has 0 fully saturated rings. The van der Waals surface area contributed by atoms with Crippen molar-refractivity contribution in [2.24, 2.45) is 0 Å². The standard InChI is InChI=1S/C11H13NO4/c1-6-3-7(2)5-8(4-6)9(13)12-10(14)11(15)16/h3-5,10,14H,1-2H3,(H,12,13)(H,15,16)/t10-/m1/s1. The van der Waals surface area contributed by atoms with Crippen molar-refractivity contribution in [2.45, 2.75) is 20.1 Å². The third-order valence-corrected chi connectivity index (χ3v) is 1.99. The topological polar surface area (TPSA) is 86.6 Å². The van der Waals surface area contributed by atoms with Crippen LogP contribution in [0.25, 0.3) is 0 Å². The van der Waals surface area contributed by atoms with Crippen LogP contribution < -0.4 is 5.32 Å². The number of hydrogen-bond donors (Lipinski definition) is 3. The maximum atomic E-state index is 11.5. The molecule has 0 aliphatic carbocycles. The molecule has 0 bridgehead atoms. The molecule has 0 aliphatic heterocycles. The van der Waals surface area contributed by atoms with Gasteiger partial charge in [-0.2, -0.15) is 0 Å². The van der Waals surface area contributed by atoms with Gasteiger partial charge in [0, 0.05) is 5.56 Å². The number of aliphatic hydroxyl groups is 1. The van der Waals surface area contributed by atoms with Crippen LogP contribution in [0.1, 0.15) is 21.5 Å². The molecule has 3 N–H and O–H groups in total. The zero-order chi connectivity index (χ0) is 12.3. The van der Waals surface area contributed by atoms with Crippen LogP contribution in [0.5, 0.6) is 0 Å². The number of rotatable bonds is 3. The summed E-state index contributed by atoms with van der Waals surface area (Å²) in [7, 11) is 0. The second-order valence-corrected chi connectivity index (χ2v) is 3.59. The van der Waals surface area contributed by atoms with Crippen LogP contribution in [-0.4, -0.2) is 28.3 Å². The molecule has 16 heavy (non-hydrogen) atoms. The Kier molecular flexibility index (Phi) is 3.63. The fourth-order valence-electron chi connectivity index (χ4n) is 1.38. The Bertz CT molecular complexity index is 408. The van der Waals surface area contributed by atoms with Gasteiger partial charge in [0.25, 0.3) is 5.91 Å². The Morgan fingerprint density at radius 1 is 1.19 bits per heavy atom. The Labute approximate surface area is 92.7 Å². The Morgan fingerprint density at radius 3 is 2.12 bits per heavy atom. The van der Waals surface area contributed by atoms with Crippen molar-refractivity contribution in [1.29, 1.82) is 0 Å². The molecule has 0 saturated carbocycles. The van der Waals surface area contributed by atoms with Crippen LogP contribution in [0.3, 0.4) is 0 Å². The fraction of sp³-hybridized carbons (Fsp3) is 0.273. The predicted molar refractivity (Wildman–Crippen MR) is 57.0 cm³/mol. The normalized spacial score (nSPS) is 11.9. The number of nitrogens with one attached hydrogen (secondary N) is 1. The maximum Gasteiger partial charge on any atom is 0.353 e. The number of aliphatic hydroxyl groups excluding tert-OH is 1. The van der Waals surface area contributed by atoms with Crippen molar-refractivity contribution < 1.29 is 19.8 Å². The fourth-order valence-corrected chi connectivity index (χ4v) is 1.38. The van der Waals surface area contributed by atoms with Gasteiger partial charge in [0.05, 0.1) is 0 Å². The van der Waals surface area contributed by atoms with E-state index >= 15 is 0 Å². The van der Waals surface area contributed by atoms with E-state index in [1.54, 1.807) is 12.1 Å². The zero-order valence-electron chi connectivity index (χ0n) is 9.02. The number of carbonyl (C=O) groups is 2. The Hall–Kier alpha value is -1.88. The minimum absolute atomic E-state index is 0.331. The summed E-state index contributed by atoms with van der Waals surface area (Å²) in [6, 6.07) is 5.14. The number of benzene rings is 1. The molecule has 0 unspecified atom stereocenters. The molecular weight excluding hydrogens is 210 g/mol. The molecule has 0 heterocycles. The molecule has 1 aromatic carbocycles. The number of carboxylic acid groups (broad SMARTS) is 1. The summed E-state index contributed by atoms with van der Waals surface area (Å²) in [5.74, 6) is -2.10. The van der Waals surface area contributed by atoms with Gasteiger partial charge >= 0.3 is 5.97 Å². The first-order chi connectivity index (χ1) is 7.40. The Morgan fingerprint density at radius 2 is 1.69 bits per heavy atom. The largest absolute Gasteiger partial charge is 0.478 e. The second kappa shape index (κ2) is 4.76. The highest BCUT2D eigenvalue weighted by Crippen LogP contribution is 2.08. The van der Waals surface area contributed by atoms with Gasteiger partial charge in [-0.15, -0.1) is 0 Å². The van der Waals surface area contributed by atoms with Gasteiger partial charge in [-0.05, 0) is 26.0 Å². The minimum Gasteiger partial charge on any atom is -0.478 e. The van der Waals surface area contributed by atoms with Gasteiger partial charge < -0.3 is 15.5 Å². The summed E-state index contributed by atoms with van der Waals surface area (Å²) in [6.45, 7) is 3.66. The average Bonchev–Trinajstić information content (AvgIpc) is 2.15. The first-order valence-electron chi connectivity index (χ1n) is 4.70. The highest BCUT2D eigenvalue weighted by Gasteiger charge is 2.17. The van der Waals surface area contributed by atoms with Crippen LogP contribution in [0, 0.1) is 13.8 Å². The van der Waals surface area contributed by atoms with Crippen molar-refractivity contribution in [2.75, 3.05) is 0 Å². The molecule has 1 rings (SSSR count). The van der Waals surface area contributed by atoms with Gasteiger partial charge in [0.2, 0.25) is 6.23 Å². The van der Waals surface area contributed by atoms with Gasteiger partial charge in [0.15, 0.2) is 0 Å². The quantitative estimate of drug-likeness (QED) is 0.649. The average molecular weight is 223 g/mol. The minimum atomic E-state index is -1.88. The number of hydrogen-bond acceptors (Lipinski definition) is 3. The van der Waals surface area contributed by atoms with E-state index in [2.05, 4.69) is 0 Å². The summed E-state index contributed by atoms with van der Waals surface area (Å²) in [4.78, 5) is 21.9. The number of aryl methyl sites for hydroxylation is 2. The van der Waals surface area contributed by atoms with Crippen molar-refractivity contribution in [3.05, 3.63) is 34.9 Å². The third kappa shape index (κ3) is 3.06. The van der Waals surface area contributed by atoms with Crippen molar-refractivity contribution in [3.63, 3.8) is 0 Å². The molecular formula is C11H13NO4. The molecule has 1 amide bonds. The lowest BCUT2D eigenvalue weighted by atomic mass is 10.1. The number of aliphatic carboxylic acids is 1. The summed E-state index contributed by atoms with van der Waals surface area (Å²) in [6.07, 6.45) is -1.88. The van der Waals surface area contributed by atoms with Crippen molar-refractivity contribution in [1.82, 2.24) is 5.32 Å². The van der Waals surface area contributed by atoms with E-state index in [9.17, 15) is 9.59 Å². The third-order valence-electron chi connectivity index (χ3n) is 1.99. The molecule has 86 valence electrons. The lowest BCUT2D eigenvalue weighted by molar-refractivity contribution is -0.147. The molecule has 5 heteroatoms. The molecule has 1 atom stereocenters. The van der Waals surface area contributed by atoms with Crippen molar-refractivity contribution in [3.8, 4) is 0 Å². The van der Waals surface area contributed by atoms with Gasteiger partial charge in [0.1, 0.15) is 0 Å². The highest BCUT2D eigenvalue weighted by atomic mass is 16.4. The van der Waals surface area contributed by atoms with E-state index in [0.717, 1.165) is 11.1 Å². The van der Waals surface area contributed by atoms with E-state index in [4.69, 9.17) is 10.2 Å². The molecule has 1 aromatic rings. The molecule has 5 nitrogen and oxygen atoms in total. The molecule has 0 radical (unpaired) electrons. The predicted octanol–water partition coefficient (Wildman–Crippen LogP) is 0.436. The molecule has 0 spiro atoms. The SMILES string of the molecule is Cc1cc(C)cc(C(=O)N[C@H](O)C(=O)O)c1. The second-order valence-electron chi connectivity index (χ2n) is 3.59. The lowest BCUT2D eigenvalue weighted by Gasteiger charge is -2.09. The van der Waals surface area contributed by atoms with E-state index < -0.39 is 18.1 Å². The summed E-state index contributed by atoms with van der Waals surface area (Å²) in [5, 5.41) is 19.4. The zero-order valence-corrected chi connectivity index (χ0v) is 9.02. The van der Waals surface area contributed by atoms with E-state index in [-0.39, 0.29) is 0 Å². The van der Waals surface area contributed by atoms with Crippen LogP contribution in [-0.2, 0) is 4.79 Å². The highest BCUT2D eigenvalue weighted by molar-refractivity contribution is 5.96.